The predicted molar refractivity (Wildman–Crippen MR) is 113 cm³/mol. The van der Waals surface area contributed by atoms with Gasteiger partial charge in [-0.3, -0.25) is 4.79 Å². The quantitative estimate of drug-likeness (QED) is 0.596. The molecule has 0 aliphatic rings. The van der Waals surface area contributed by atoms with Crippen LogP contribution in [0.1, 0.15) is 16.7 Å². The van der Waals surface area contributed by atoms with Gasteiger partial charge in [0.1, 0.15) is 11.8 Å². The van der Waals surface area contributed by atoms with Crippen molar-refractivity contribution in [1.29, 1.82) is 0 Å². The summed E-state index contributed by atoms with van der Waals surface area (Å²) in [6.07, 6.45) is 0.410. The Morgan fingerprint density at radius 3 is 1.76 bits per heavy atom. The van der Waals surface area contributed by atoms with Gasteiger partial charge in [-0.25, -0.2) is 0 Å². The van der Waals surface area contributed by atoms with Crippen LogP contribution in [0, 0.1) is 0 Å². The molecule has 0 spiro atoms. The van der Waals surface area contributed by atoms with Crippen LogP contribution in [-0.2, 0) is 33.9 Å². The number of phenols is 1. The van der Waals surface area contributed by atoms with Crippen molar-refractivity contribution in [3.05, 3.63) is 102 Å². The lowest BCUT2D eigenvalue weighted by atomic mass is 10.1. The lowest BCUT2D eigenvalue weighted by Gasteiger charge is -2.08. The van der Waals surface area contributed by atoms with Crippen molar-refractivity contribution in [2.24, 2.45) is 5.73 Å². The molecule has 0 saturated carbocycles. The van der Waals surface area contributed by atoms with Gasteiger partial charge in [-0.15, -0.1) is 0 Å². The SMILES string of the molecule is COC(=O)C(N)Cc1ccc(O)cc1.c1ccc(COCc2ccccc2)cc1. The second kappa shape index (κ2) is 12.3. The number of rotatable bonds is 7. The average molecular weight is 393 g/mol. The number of benzene rings is 3. The zero-order valence-corrected chi connectivity index (χ0v) is 16.5. The van der Waals surface area contributed by atoms with Crippen LogP contribution < -0.4 is 5.73 Å². The molecule has 5 heteroatoms. The van der Waals surface area contributed by atoms with E-state index in [1.165, 1.54) is 18.2 Å². The maximum absolute atomic E-state index is 11.0. The Morgan fingerprint density at radius 2 is 1.31 bits per heavy atom. The number of phenolic OH excluding ortho intramolecular Hbond substituents is 1. The zero-order chi connectivity index (χ0) is 20.9. The van der Waals surface area contributed by atoms with Crippen molar-refractivity contribution < 1.29 is 19.4 Å². The molecule has 3 N–H and O–H groups in total. The smallest absolute Gasteiger partial charge is 0.322 e. The normalized spacial score (nSPS) is 11.1. The largest absolute Gasteiger partial charge is 0.508 e. The van der Waals surface area contributed by atoms with Gasteiger partial charge in [0.15, 0.2) is 0 Å². The summed E-state index contributed by atoms with van der Waals surface area (Å²) in [4.78, 5) is 11.0. The number of esters is 1. The number of ether oxygens (including phenoxy) is 2. The lowest BCUT2D eigenvalue weighted by Crippen LogP contribution is -2.33. The van der Waals surface area contributed by atoms with Crippen molar-refractivity contribution in [2.45, 2.75) is 25.7 Å². The van der Waals surface area contributed by atoms with Crippen LogP contribution in [0.4, 0.5) is 0 Å². The summed E-state index contributed by atoms with van der Waals surface area (Å²) < 4.78 is 10.1. The summed E-state index contributed by atoms with van der Waals surface area (Å²) in [5.74, 6) is -0.238. The maximum Gasteiger partial charge on any atom is 0.322 e. The number of carbonyl (C=O) groups is 1. The molecule has 0 radical (unpaired) electrons. The molecule has 0 amide bonds. The van der Waals surface area contributed by atoms with Crippen molar-refractivity contribution in [3.63, 3.8) is 0 Å². The number of nitrogens with two attached hydrogens (primary N) is 1. The van der Waals surface area contributed by atoms with E-state index in [0.717, 1.165) is 5.56 Å². The highest BCUT2D eigenvalue weighted by Gasteiger charge is 2.13. The first-order valence-corrected chi connectivity index (χ1v) is 9.35. The fourth-order valence-electron chi connectivity index (χ4n) is 2.56. The molecule has 152 valence electrons. The molecule has 3 rings (SSSR count). The van der Waals surface area contributed by atoms with Crippen LogP contribution in [0.15, 0.2) is 84.9 Å². The average Bonchev–Trinajstić information content (AvgIpc) is 2.76. The summed E-state index contributed by atoms with van der Waals surface area (Å²) in [7, 11) is 1.30. The van der Waals surface area contributed by atoms with Gasteiger partial charge >= 0.3 is 5.97 Å². The van der Waals surface area contributed by atoms with E-state index >= 15 is 0 Å². The fraction of sp³-hybridized carbons (Fsp3) is 0.208. The number of hydrogen-bond acceptors (Lipinski definition) is 5. The van der Waals surface area contributed by atoms with E-state index in [2.05, 4.69) is 29.0 Å². The highest BCUT2D eigenvalue weighted by molar-refractivity contribution is 5.75. The van der Waals surface area contributed by atoms with Crippen LogP contribution in [0.3, 0.4) is 0 Å². The van der Waals surface area contributed by atoms with Gasteiger partial charge in [0.2, 0.25) is 0 Å². The topological polar surface area (TPSA) is 81.8 Å². The molecular weight excluding hydrogens is 366 g/mol. The van der Waals surface area contributed by atoms with E-state index in [1.54, 1.807) is 24.3 Å². The second-order valence-corrected chi connectivity index (χ2v) is 6.46. The van der Waals surface area contributed by atoms with E-state index in [9.17, 15) is 4.79 Å². The zero-order valence-electron chi connectivity index (χ0n) is 16.5. The van der Waals surface area contributed by atoms with Crippen LogP contribution >= 0.6 is 0 Å². The minimum absolute atomic E-state index is 0.195. The number of aromatic hydroxyl groups is 1. The van der Waals surface area contributed by atoms with Gasteiger partial charge in [-0.05, 0) is 35.2 Å². The van der Waals surface area contributed by atoms with Crippen LogP contribution in [0.5, 0.6) is 5.75 Å². The molecule has 1 atom stereocenters. The van der Waals surface area contributed by atoms with Gasteiger partial charge in [0.25, 0.3) is 0 Å². The first-order chi connectivity index (χ1) is 14.1. The Bertz CT molecular complexity index is 796. The molecule has 3 aromatic carbocycles. The Labute approximate surface area is 171 Å². The van der Waals surface area contributed by atoms with E-state index in [-0.39, 0.29) is 5.75 Å². The van der Waals surface area contributed by atoms with Gasteiger partial charge < -0.3 is 20.3 Å². The maximum atomic E-state index is 11.0. The summed E-state index contributed by atoms with van der Waals surface area (Å²) in [6, 6.07) is 26.3. The highest BCUT2D eigenvalue weighted by atomic mass is 16.5. The molecule has 0 saturated heterocycles. The molecule has 0 fully saturated rings. The molecule has 0 aliphatic heterocycles. The third kappa shape index (κ3) is 8.60. The van der Waals surface area contributed by atoms with Gasteiger partial charge in [0.05, 0.1) is 20.3 Å². The molecule has 0 bridgehead atoms. The van der Waals surface area contributed by atoms with Crippen molar-refractivity contribution in [1.82, 2.24) is 0 Å². The molecule has 5 nitrogen and oxygen atoms in total. The van der Waals surface area contributed by atoms with Crippen LogP contribution in [0.2, 0.25) is 0 Å². The van der Waals surface area contributed by atoms with Crippen molar-refractivity contribution in [3.8, 4) is 5.75 Å². The number of carbonyl (C=O) groups excluding carboxylic acids is 1. The molecular formula is C24H27NO4. The highest BCUT2D eigenvalue weighted by Crippen LogP contribution is 2.11. The molecule has 3 aromatic rings. The Kier molecular flexibility index (Phi) is 9.42. The molecule has 0 aromatic heterocycles. The summed E-state index contributed by atoms with van der Waals surface area (Å²) in [6.45, 7) is 1.35. The minimum Gasteiger partial charge on any atom is -0.508 e. The van der Waals surface area contributed by atoms with Crippen LogP contribution in [-0.4, -0.2) is 24.2 Å². The van der Waals surface area contributed by atoms with E-state index < -0.39 is 12.0 Å². The molecule has 0 heterocycles. The standard InChI is InChI=1S/C14H14O.C10H13NO3/c1-3-7-13(8-4-1)11-15-12-14-9-5-2-6-10-14;1-14-10(13)9(11)6-7-2-4-8(12)5-3-7/h1-10H,11-12H2;2-5,9,12H,6,11H2,1H3. The Morgan fingerprint density at radius 1 is 0.828 bits per heavy atom. The van der Waals surface area contributed by atoms with Gasteiger partial charge in [0, 0.05) is 0 Å². The molecule has 1 unspecified atom stereocenters. The lowest BCUT2D eigenvalue weighted by molar-refractivity contribution is -0.142. The van der Waals surface area contributed by atoms with Crippen LogP contribution in [0.25, 0.3) is 0 Å². The van der Waals surface area contributed by atoms with E-state index in [0.29, 0.717) is 19.6 Å². The summed E-state index contributed by atoms with van der Waals surface area (Å²) in [5, 5.41) is 9.02. The van der Waals surface area contributed by atoms with Gasteiger partial charge in [-0.1, -0.05) is 72.8 Å². The van der Waals surface area contributed by atoms with E-state index in [4.69, 9.17) is 15.6 Å². The van der Waals surface area contributed by atoms with Gasteiger partial charge in [-0.2, -0.15) is 0 Å². The minimum atomic E-state index is -0.649. The summed E-state index contributed by atoms with van der Waals surface area (Å²) >= 11 is 0. The first-order valence-electron chi connectivity index (χ1n) is 9.35. The number of methoxy groups -OCH3 is 1. The monoisotopic (exact) mass is 393 g/mol. The molecule has 0 aliphatic carbocycles. The third-order valence-electron chi connectivity index (χ3n) is 4.12. The second-order valence-electron chi connectivity index (χ2n) is 6.46. The Balaban J connectivity index is 0.000000208. The van der Waals surface area contributed by atoms with Crippen molar-refractivity contribution >= 4 is 5.97 Å². The third-order valence-corrected chi connectivity index (χ3v) is 4.12. The fourth-order valence-corrected chi connectivity index (χ4v) is 2.56. The van der Waals surface area contributed by atoms with Crippen molar-refractivity contribution in [2.75, 3.05) is 7.11 Å². The van der Waals surface area contributed by atoms with E-state index in [1.807, 2.05) is 36.4 Å². The summed E-state index contributed by atoms with van der Waals surface area (Å²) in [5.41, 5.74) is 8.88. The predicted octanol–water partition coefficient (Wildman–Crippen LogP) is 3.84. The first kappa shape index (κ1) is 22.1. The Hall–Kier alpha value is -3.15. The molecule has 29 heavy (non-hydrogen) atoms. The number of hydrogen-bond donors (Lipinski definition) is 2.